The van der Waals surface area contributed by atoms with Gasteiger partial charge in [-0.2, -0.15) is 0 Å². The van der Waals surface area contributed by atoms with Crippen LogP contribution in [-0.4, -0.2) is 22.5 Å². The molecule has 1 aliphatic carbocycles. The van der Waals surface area contributed by atoms with E-state index in [4.69, 9.17) is 9.94 Å². The lowest BCUT2D eigenvalue weighted by molar-refractivity contribution is 0.316. The fourth-order valence-electron chi connectivity index (χ4n) is 2.65. The highest BCUT2D eigenvalue weighted by atomic mass is 16.5. The Morgan fingerprint density at radius 2 is 2.19 bits per heavy atom. The summed E-state index contributed by atoms with van der Waals surface area (Å²) in [6, 6.07) is 10.0. The number of oxime groups is 1. The highest BCUT2D eigenvalue weighted by molar-refractivity contribution is 6.02. The molecule has 0 amide bonds. The van der Waals surface area contributed by atoms with Gasteiger partial charge in [-0.3, -0.25) is 4.98 Å². The van der Waals surface area contributed by atoms with Crippen LogP contribution in [0.4, 0.5) is 0 Å². The van der Waals surface area contributed by atoms with E-state index >= 15 is 0 Å². The van der Waals surface area contributed by atoms with E-state index in [9.17, 15) is 0 Å². The third kappa shape index (κ3) is 3.21. The molecule has 21 heavy (non-hydrogen) atoms. The molecular weight excluding hydrogens is 264 g/mol. The fraction of sp³-hybridized carbons (Fsp3) is 0.294. The first-order chi connectivity index (χ1) is 10.4. The summed E-state index contributed by atoms with van der Waals surface area (Å²) in [5, 5.41) is 12.5. The molecule has 1 aromatic carbocycles. The Kier molecular flexibility index (Phi) is 4.15. The molecule has 0 fully saturated rings. The number of pyridine rings is 1. The van der Waals surface area contributed by atoms with Gasteiger partial charge in [-0.25, -0.2) is 0 Å². The standard InChI is InChI=1S/C17H18N2O2/c20-19-17-5-1-4-14-6-7-15(11-16(14)17)21-10-8-13-3-2-9-18-12-13/h2-3,6-7,9,11-12,20H,1,4-5,8,10H2/b19-17-. The van der Waals surface area contributed by atoms with Crippen LogP contribution < -0.4 is 4.74 Å². The Labute approximate surface area is 124 Å². The summed E-state index contributed by atoms with van der Waals surface area (Å²) in [7, 11) is 0. The van der Waals surface area contributed by atoms with E-state index in [2.05, 4.69) is 16.2 Å². The van der Waals surface area contributed by atoms with Crippen molar-refractivity contribution in [2.24, 2.45) is 5.16 Å². The first-order valence-corrected chi connectivity index (χ1v) is 7.23. The number of hydrogen-bond acceptors (Lipinski definition) is 4. The second-order valence-corrected chi connectivity index (χ2v) is 5.18. The largest absolute Gasteiger partial charge is 0.493 e. The molecule has 4 heteroatoms. The van der Waals surface area contributed by atoms with Gasteiger partial charge in [-0.15, -0.1) is 0 Å². The van der Waals surface area contributed by atoms with Crippen LogP contribution in [0.2, 0.25) is 0 Å². The van der Waals surface area contributed by atoms with Crippen molar-refractivity contribution in [3.63, 3.8) is 0 Å². The molecule has 3 rings (SSSR count). The molecule has 1 N–H and O–H groups in total. The van der Waals surface area contributed by atoms with Crippen LogP contribution >= 0.6 is 0 Å². The summed E-state index contributed by atoms with van der Waals surface area (Å²) < 4.78 is 5.80. The van der Waals surface area contributed by atoms with Gasteiger partial charge in [0, 0.05) is 24.4 Å². The van der Waals surface area contributed by atoms with Crippen LogP contribution in [-0.2, 0) is 12.8 Å². The first-order valence-electron chi connectivity index (χ1n) is 7.23. The Morgan fingerprint density at radius 1 is 1.24 bits per heavy atom. The molecular formula is C17H18N2O2. The van der Waals surface area contributed by atoms with Crippen molar-refractivity contribution in [2.75, 3.05) is 6.61 Å². The monoisotopic (exact) mass is 282 g/mol. The Morgan fingerprint density at radius 3 is 3.00 bits per heavy atom. The molecule has 2 aromatic rings. The van der Waals surface area contributed by atoms with Crippen LogP contribution in [0.5, 0.6) is 5.75 Å². The number of ether oxygens (including phenoxy) is 1. The summed E-state index contributed by atoms with van der Waals surface area (Å²) >= 11 is 0. The lowest BCUT2D eigenvalue weighted by Gasteiger charge is -2.18. The summed E-state index contributed by atoms with van der Waals surface area (Å²) in [6.07, 6.45) is 7.34. The number of nitrogens with zero attached hydrogens (tertiary/aromatic N) is 2. The van der Waals surface area contributed by atoms with Gasteiger partial charge in [0.15, 0.2) is 0 Å². The third-order valence-corrected chi connectivity index (χ3v) is 3.75. The zero-order valence-corrected chi connectivity index (χ0v) is 11.8. The molecule has 0 aliphatic heterocycles. The van der Waals surface area contributed by atoms with Gasteiger partial charge >= 0.3 is 0 Å². The molecule has 0 saturated heterocycles. The van der Waals surface area contributed by atoms with Gasteiger partial charge < -0.3 is 9.94 Å². The minimum atomic E-state index is 0.607. The van der Waals surface area contributed by atoms with E-state index in [1.165, 1.54) is 5.56 Å². The van der Waals surface area contributed by atoms with Gasteiger partial charge in [-0.05, 0) is 48.6 Å². The Bertz CT molecular complexity index is 638. The van der Waals surface area contributed by atoms with Crippen LogP contribution in [0.15, 0.2) is 47.9 Å². The predicted molar refractivity (Wildman–Crippen MR) is 81.1 cm³/mol. The van der Waals surface area contributed by atoms with Gasteiger partial charge in [0.2, 0.25) is 0 Å². The second-order valence-electron chi connectivity index (χ2n) is 5.18. The zero-order chi connectivity index (χ0) is 14.5. The van der Waals surface area contributed by atoms with Crippen molar-refractivity contribution in [3.05, 3.63) is 59.4 Å². The van der Waals surface area contributed by atoms with Crippen LogP contribution in [0.25, 0.3) is 0 Å². The smallest absolute Gasteiger partial charge is 0.119 e. The SMILES string of the molecule is O/N=C1/CCCc2ccc(OCCc3cccnc3)cc21. The van der Waals surface area contributed by atoms with Gasteiger partial charge in [0.1, 0.15) is 5.75 Å². The molecule has 4 nitrogen and oxygen atoms in total. The molecule has 0 saturated carbocycles. The van der Waals surface area contributed by atoms with Crippen molar-refractivity contribution in [2.45, 2.75) is 25.7 Å². The number of aromatic nitrogens is 1. The molecule has 0 spiro atoms. The number of aryl methyl sites for hydroxylation is 1. The molecule has 0 atom stereocenters. The Balaban J connectivity index is 1.67. The molecule has 108 valence electrons. The van der Waals surface area contributed by atoms with Crippen LogP contribution in [0, 0.1) is 0 Å². The normalized spacial score (nSPS) is 15.7. The van der Waals surface area contributed by atoms with Gasteiger partial charge in [0.05, 0.1) is 12.3 Å². The van der Waals surface area contributed by atoms with E-state index in [1.54, 1.807) is 6.20 Å². The van der Waals surface area contributed by atoms with Gasteiger partial charge in [0.25, 0.3) is 0 Å². The number of hydrogen-bond donors (Lipinski definition) is 1. The minimum Gasteiger partial charge on any atom is -0.493 e. The number of benzene rings is 1. The van der Waals surface area contributed by atoms with Crippen molar-refractivity contribution >= 4 is 5.71 Å². The van der Waals surface area contributed by atoms with Crippen molar-refractivity contribution < 1.29 is 9.94 Å². The van der Waals surface area contributed by atoms with Crippen molar-refractivity contribution in [3.8, 4) is 5.75 Å². The maximum Gasteiger partial charge on any atom is 0.119 e. The topological polar surface area (TPSA) is 54.7 Å². The molecule has 1 aliphatic rings. The third-order valence-electron chi connectivity index (χ3n) is 3.75. The molecule has 0 unspecified atom stereocenters. The van der Waals surface area contributed by atoms with Crippen LogP contribution in [0.3, 0.4) is 0 Å². The highest BCUT2D eigenvalue weighted by Gasteiger charge is 2.16. The van der Waals surface area contributed by atoms with E-state index in [1.807, 2.05) is 30.5 Å². The maximum atomic E-state index is 9.09. The predicted octanol–water partition coefficient (Wildman–Crippen LogP) is 3.22. The molecule has 1 heterocycles. The first kappa shape index (κ1) is 13.6. The minimum absolute atomic E-state index is 0.607. The maximum absolute atomic E-state index is 9.09. The van der Waals surface area contributed by atoms with Gasteiger partial charge in [-0.1, -0.05) is 17.3 Å². The summed E-state index contributed by atoms with van der Waals surface area (Å²) in [5.41, 5.74) is 4.17. The Hall–Kier alpha value is -2.36. The van der Waals surface area contributed by atoms with E-state index in [0.717, 1.165) is 48.3 Å². The number of fused-ring (bicyclic) bond motifs is 1. The lowest BCUT2D eigenvalue weighted by atomic mass is 9.90. The number of rotatable bonds is 4. The summed E-state index contributed by atoms with van der Waals surface area (Å²) in [6.45, 7) is 0.607. The van der Waals surface area contributed by atoms with Crippen LogP contribution in [0.1, 0.15) is 29.5 Å². The lowest BCUT2D eigenvalue weighted by Crippen LogP contribution is -2.12. The quantitative estimate of drug-likeness (QED) is 0.692. The molecule has 0 bridgehead atoms. The average Bonchev–Trinajstić information content (AvgIpc) is 2.55. The summed E-state index contributed by atoms with van der Waals surface area (Å²) in [5.74, 6) is 0.820. The van der Waals surface area contributed by atoms with Crippen molar-refractivity contribution in [1.82, 2.24) is 4.98 Å². The second kappa shape index (κ2) is 6.39. The highest BCUT2D eigenvalue weighted by Crippen LogP contribution is 2.26. The zero-order valence-electron chi connectivity index (χ0n) is 11.8. The molecule has 1 aromatic heterocycles. The average molecular weight is 282 g/mol. The van der Waals surface area contributed by atoms with Crippen molar-refractivity contribution in [1.29, 1.82) is 0 Å². The van der Waals surface area contributed by atoms with E-state index in [-0.39, 0.29) is 0 Å². The fourth-order valence-corrected chi connectivity index (χ4v) is 2.65. The van der Waals surface area contributed by atoms with E-state index in [0.29, 0.717) is 6.61 Å². The van der Waals surface area contributed by atoms with E-state index < -0.39 is 0 Å². The molecule has 0 radical (unpaired) electrons. The summed E-state index contributed by atoms with van der Waals surface area (Å²) in [4.78, 5) is 4.09.